The Morgan fingerprint density at radius 2 is 1.63 bits per heavy atom. The van der Waals surface area contributed by atoms with Crippen LogP contribution in [-0.4, -0.2) is 77.8 Å². The van der Waals surface area contributed by atoms with Gasteiger partial charge in [0.15, 0.2) is 12.4 Å². The van der Waals surface area contributed by atoms with E-state index in [1.807, 2.05) is 30.3 Å². The minimum Gasteiger partial charge on any atom is -0.453 e. The van der Waals surface area contributed by atoms with Gasteiger partial charge in [0.25, 0.3) is 5.91 Å². The first-order valence-corrected chi connectivity index (χ1v) is 17.9. The van der Waals surface area contributed by atoms with Crippen LogP contribution in [0.4, 0.5) is 0 Å². The van der Waals surface area contributed by atoms with Crippen LogP contribution in [0.1, 0.15) is 81.1 Å². The molecule has 3 aliphatic heterocycles. The maximum atomic E-state index is 12.3. The molecule has 0 bridgehead atoms. The average molecular weight is 670 g/mol. The highest BCUT2D eigenvalue weighted by Crippen LogP contribution is 2.42. The number of rotatable bonds is 12. The number of hydrogen-bond acceptors (Lipinski definition) is 8. The lowest BCUT2D eigenvalue weighted by molar-refractivity contribution is -0.276. The summed E-state index contributed by atoms with van der Waals surface area (Å²) >= 11 is 0. The number of esters is 1. The third-order valence-corrected chi connectivity index (χ3v) is 10.3. The Hall–Kier alpha value is -3.60. The summed E-state index contributed by atoms with van der Waals surface area (Å²) in [5.41, 5.74) is 5.97. The third kappa shape index (κ3) is 8.96. The summed E-state index contributed by atoms with van der Waals surface area (Å²) < 4.78 is 18.6. The molecule has 3 aromatic carbocycles. The molecule has 6 atom stereocenters. The van der Waals surface area contributed by atoms with Crippen LogP contribution in [0.3, 0.4) is 0 Å². The molecule has 6 rings (SSSR count). The molecule has 0 radical (unpaired) electrons. The van der Waals surface area contributed by atoms with E-state index in [-0.39, 0.29) is 30.6 Å². The lowest BCUT2D eigenvalue weighted by Crippen LogP contribution is -2.48. The quantitative estimate of drug-likeness (QED) is 0.235. The van der Waals surface area contributed by atoms with E-state index >= 15 is 0 Å². The van der Waals surface area contributed by atoms with E-state index in [0.717, 1.165) is 53.0 Å². The molecular weight excluding hydrogens is 618 g/mol. The van der Waals surface area contributed by atoms with Crippen molar-refractivity contribution >= 4 is 11.9 Å². The average Bonchev–Trinajstić information content (AvgIpc) is 3.80. The molecular formula is C40H51N3O6. The van der Waals surface area contributed by atoms with Crippen molar-refractivity contribution in [1.82, 2.24) is 15.1 Å². The number of ether oxygens (including phenoxy) is 3. The van der Waals surface area contributed by atoms with Crippen LogP contribution >= 0.6 is 0 Å². The highest BCUT2D eigenvalue weighted by molar-refractivity contribution is 5.82. The van der Waals surface area contributed by atoms with Gasteiger partial charge >= 0.3 is 5.97 Å². The van der Waals surface area contributed by atoms with Gasteiger partial charge in [0.1, 0.15) is 0 Å². The smallest absolute Gasteiger partial charge is 0.303 e. The molecule has 3 fully saturated rings. The van der Waals surface area contributed by atoms with Crippen molar-refractivity contribution in [3.63, 3.8) is 0 Å². The Morgan fingerprint density at radius 3 is 2.35 bits per heavy atom. The first kappa shape index (κ1) is 35.2. The first-order valence-electron chi connectivity index (χ1n) is 17.9. The molecule has 3 aromatic rings. The topological polar surface area (TPSA) is 101 Å². The van der Waals surface area contributed by atoms with Gasteiger partial charge in [0, 0.05) is 44.1 Å². The summed E-state index contributed by atoms with van der Waals surface area (Å²) in [6.45, 7) is 11.0. The largest absolute Gasteiger partial charge is 0.453 e. The van der Waals surface area contributed by atoms with E-state index in [1.54, 1.807) is 6.92 Å². The van der Waals surface area contributed by atoms with E-state index in [0.29, 0.717) is 12.6 Å². The lowest BCUT2D eigenvalue weighted by atomic mass is 9.89. The molecule has 0 saturated carbocycles. The Bertz CT molecular complexity index is 1540. The third-order valence-electron chi connectivity index (χ3n) is 10.3. The van der Waals surface area contributed by atoms with Crippen molar-refractivity contribution in [3.05, 3.63) is 95.1 Å². The monoisotopic (exact) mass is 669 g/mol. The molecule has 3 aliphatic rings. The number of likely N-dealkylation sites (tertiary alicyclic amines) is 2. The molecule has 262 valence electrons. The van der Waals surface area contributed by atoms with Gasteiger partial charge in [-0.1, -0.05) is 73.7 Å². The van der Waals surface area contributed by atoms with Gasteiger partial charge in [-0.25, -0.2) is 0 Å². The second-order valence-corrected chi connectivity index (χ2v) is 13.9. The van der Waals surface area contributed by atoms with Crippen molar-refractivity contribution in [3.8, 4) is 11.1 Å². The zero-order valence-electron chi connectivity index (χ0n) is 29.1. The van der Waals surface area contributed by atoms with Crippen molar-refractivity contribution in [2.45, 2.75) is 90.2 Å². The van der Waals surface area contributed by atoms with Crippen LogP contribution in [0.2, 0.25) is 0 Å². The minimum atomic E-state index is -0.841. The molecule has 0 spiro atoms. The second-order valence-electron chi connectivity index (χ2n) is 13.9. The number of carbonyl (C=O) groups is 2. The van der Waals surface area contributed by atoms with Gasteiger partial charge in [-0.3, -0.25) is 14.5 Å². The Labute approximate surface area is 290 Å². The van der Waals surface area contributed by atoms with Crippen molar-refractivity contribution in [1.29, 1.82) is 0 Å². The summed E-state index contributed by atoms with van der Waals surface area (Å²) in [5.74, 6) is -0.675. The molecule has 3 heterocycles. The van der Waals surface area contributed by atoms with Crippen LogP contribution in [0.5, 0.6) is 0 Å². The fourth-order valence-electron chi connectivity index (χ4n) is 7.49. The molecule has 0 aliphatic carbocycles. The van der Waals surface area contributed by atoms with Gasteiger partial charge in [-0.05, 0) is 86.1 Å². The molecule has 49 heavy (non-hydrogen) atoms. The van der Waals surface area contributed by atoms with Crippen molar-refractivity contribution in [2.24, 2.45) is 5.92 Å². The number of nitrogens with one attached hydrogen (secondary N) is 1. The normalized spacial score (nSPS) is 25.3. The fourth-order valence-corrected chi connectivity index (χ4v) is 7.49. The number of aliphatic hydroxyl groups is 1. The van der Waals surface area contributed by atoms with Crippen LogP contribution in [0.15, 0.2) is 72.8 Å². The summed E-state index contributed by atoms with van der Waals surface area (Å²) in [7, 11) is 0. The Balaban J connectivity index is 1.17. The Morgan fingerprint density at radius 1 is 0.898 bits per heavy atom. The van der Waals surface area contributed by atoms with Crippen LogP contribution in [0, 0.1) is 5.92 Å². The second kappa shape index (κ2) is 16.4. The van der Waals surface area contributed by atoms with Crippen molar-refractivity contribution in [2.75, 3.05) is 32.7 Å². The SMILES string of the molecule is CC(=O)O[C@@H](C)C(=O)NCc1cccc(-c2ccc([C@H]3O[C@@H](CN4CCC[C@H]4CN4CCCC4)[C@@H](C)[C@@H](c4ccc(CO)cc4)O3)cc2)c1. The molecule has 2 N–H and O–H groups in total. The number of amides is 1. The zero-order valence-corrected chi connectivity index (χ0v) is 29.1. The fraction of sp³-hybridized carbons (Fsp3) is 0.500. The van der Waals surface area contributed by atoms with Crippen LogP contribution in [-0.2, 0) is 37.0 Å². The van der Waals surface area contributed by atoms with E-state index in [2.05, 4.69) is 64.5 Å². The van der Waals surface area contributed by atoms with E-state index < -0.39 is 18.4 Å². The highest BCUT2D eigenvalue weighted by atomic mass is 16.7. The van der Waals surface area contributed by atoms with Crippen LogP contribution < -0.4 is 5.32 Å². The summed E-state index contributed by atoms with van der Waals surface area (Å²) in [4.78, 5) is 28.8. The predicted molar refractivity (Wildman–Crippen MR) is 188 cm³/mol. The first-order chi connectivity index (χ1) is 23.8. The van der Waals surface area contributed by atoms with E-state index in [4.69, 9.17) is 14.2 Å². The molecule has 3 saturated heterocycles. The van der Waals surface area contributed by atoms with E-state index in [9.17, 15) is 14.7 Å². The molecule has 9 heteroatoms. The summed E-state index contributed by atoms with van der Waals surface area (Å²) in [6, 6.07) is 25.1. The van der Waals surface area contributed by atoms with Crippen molar-refractivity contribution < 1.29 is 28.9 Å². The Kier molecular flexibility index (Phi) is 11.8. The number of benzene rings is 3. The molecule has 0 unspecified atom stereocenters. The highest BCUT2D eigenvalue weighted by Gasteiger charge is 2.40. The maximum Gasteiger partial charge on any atom is 0.303 e. The zero-order chi connectivity index (χ0) is 34.3. The summed E-state index contributed by atoms with van der Waals surface area (Å²) in [6.07, 6.45) is 3.59. The predicted octanol–water partition coefficient (Wildman–Crippen LogP) is 5.77. The van der Waals surface area contributed by atoms with Crippen LogP contribution in [0.25, 0.3) is 11.1 Å². The maximum absolute atomic E-state index is 12.3. The number of aliphatic hydroxyl groups excluding tert-OH is 1. The number of hydrogen-bond donors (Lipinski definition) is 2. The number of carbonyl (C=O) groups excluding carboxylic acids is 2. The van der Waals surface area contributed by atoms with Gasteiger partial charge < -0.3 is 29.5 Å². The molecule has 0 aromatic heterocycles. The van der Waals surface area contributed by atoms with Gasteiger partial charge in [0.05, 0.1) is 18.8 Å². The standard InChI is InChI=1S/C40H51N3O6/c1-27-37(25-43-21-7-10-36(43)24-42-19-4-5-20-42)48-40(49-38(27)33-13-11-30(26-44)12-14-33)34-17-15-32(16-18-34)35-9-6-8-31(22-35)23-41-39(46)28(2)47-29(3)45/h6,8-9,11-18,22,27-28,36-38,40,44H,4-5,7,10,19-21,23-26H2,1-3H3,(H,41,46)/t27-,28+,36+,37+,38+,40+/m1/s1. The minimum absolute atomic E-state index is 0.00409. The molecule has 9 nitrogen and oxygen atoms in total. The van der Waals surface area contributed by atoms with E-state index in [1.165, 1.54) is 45.7 Å². The number of nitrogens with zero attached hydrogens (tertiary/aromatic N) is 2. The lowest BCUT2D eigenvalue weighted by Gasteiger charge is -2.43. The van der Waals surface area contributed by atoms with Gasteiger partial charge in [-0.2, -0.15) is 0 Å². The van der Waals surface area contributed by atoms with Gasteiger partial charge in [0.2, 0.25) is 0 Å². The molecule has 1 amide bonds. The summed E-state index contributed by atoms with van der Waals surface area (Å²) in [5, 5.41) is 12.5. The van der Waals surface area contributed by atoms with Gasteiger partial charge in [-0.15, -0.1) is 0 Å².